The molecule has 0 radical (unpaired) electrons. The van der Waals surface area contributed by atoms with Gasteiger partial charge < -0.3 is 0 Å². The molecule has 78 valence electrons. The number of nitro groups is 1. The second kappa shape index (κ2) is 4.56. The number of nitriles is 1. The van der Waals surface area contributed by atoms with E-state index < -0.39 is 4.92 Å². The second-order valence-corrected chi connectivity index (χ2v) is 3.86. The van der Waals surface area contributed by atoms with Crippen molar-refractivity contribution in [3.63, 3.8) is 0 Å². The summed E-state index contributed by atoms with van der Waals surface area (Å²) in [6.07, 6.45) is 0.746. The summed E-state index contributed by atoms with van der Waals surface area (Å²) in [4.78, 5) is 10.1. The molecule has 0 N–H and O–H groups in total. The lowest BCUT2D eigenvalue weighted by molar-refractivity contribution is -0.384. The van der Waals surface area contributed by atoms with Gasteiger partial charge in [0.2, 0.25) is 0 Å². The van der Waals surface area contributed by atoms with Crippen LogP contribution in [0.1, 0.15) is 25.0 Å². The van der Waals surface area contributed by atoms with Gasteiger partial charge in [0.1, 0.15) is 0 Å². The molecule has 4 heteroatoms. The number of rotatable bonds is 3. The van der Waals surface area contributed by atoms with Crippen LogP contribution in [0.3, 0.4) is 0 Å². The van der Waals surface area contributed by atoms with E-state index in [0.717, 1.165) is 12.0 Å². The van der Waals surface area contributed by atoms with E-state index in [1.54, 1.807) is 6.07 Å². The summed E-state index contributed by atoms with van der Waals surface area (Å²) < 4.78 is 0. The molecule has 0 saturated carbocycles. The highest BCUT2D eigenvalue weighted by Crippen LogP contribution is 2.19. The summed E-state index contributed by atoms with van der Waals surface area (Å²) in [6, 6.07) is 6.46. The van der Waals surface area contributed by atoms with Gasteiger partial charge in [-0.2, -0.15) is 5.26 Å². The fourth-order valence-electron chi connectivity index (χ4n) is 1.43. The Hall–Kier alpha value is -1.89. The monoisotopic (exact) mass is 204 g/mol. The van der Waals surface area contributed by atoms with Crippen LogP contribution in [-0.2, 0) is 6.42 Å². The Bertz CT molecular complexity index is 419. The minimum absolute atomic E-state index is 0.00954. The molecule has 0 saturated heterocycles. The van der Waals surface area contributed by atoms with Crippen molar-refractivity contribution in [2.24, 2.45) is 5.92 Å². The van der Waals surface area contributed by atoms with Gasteiger partial charge in [-0.05, 0) is 24.0 Å². The van der Waals surface area contributed by atoms with E-state index in [0.29, 0.717) is 11.5 Å². The van der Waals surface area contributed by atoms with Crippen LogP contribution in [0.4, 0.5) is 5.69 Å². The normalized spacial score (nSPS) is 10.0. The first-order valence-corrected chi connectivity index (χ1v) is 4.71. The van der Waals surface area contributed by atoms with Crippen LogP contribution in [-0.4, -0.2) is 4.92 Å². The van der Waals surface area contributed by atoms with Gasteiger partial charge in [0, 0.05) is 12.1 Å². The standard InChI is InChI=1S/C11H12N2O2/c1-8(2)3-9-4-10(7-12)6-11(5-9)13(14)15/h4-6,8H,3H2,1-2H3. The van der Waals surface area contributed by atoms with Crippen LogP contribution >= 0.6 is 0 Å². The summed E-state index contributed by atoms with van der Waals surface area (Å²) in [5.41, 5.74) is 1.18. The molecule has 0 fully saturated rings. The van der Waals surface area contributed by atoms with Crippen LogP contribution in [0.15, 0.2) is 18.2 Å². The zero-order chi connectivity index (χ0) is 11.4. The van der Waals surface area contributed by atoms with E-state index in [2.05, 4.69) is 0 Å². The molecule has 0 unspecified atom stereocenters. The summed E-state index contributed by atoms with van der Waals surface area (Å²) in [5.74, 6) is 0.415. The van der Waals surface area contributed by atoms with E-state index in [-0.39, 0.29) is 5.69 Å². The highest BCUT2D eigenvalue weighted by Gasteiger charge is 2.10. The zero-order valence-electron chi connectivity index (χ0n) is 8.73. The number of benzene rings is 1. The summed E-state index contributed by atoms with van der Waals surface area (Å²) in [7, 11) is 0. The van der Waals surface area contributed by atoms with E-state index in [4.69, 9.17) is 5.26 Å². The summed E-state index contributed by atoms with van der Waals surface area (Å²) in [5, 5.41) is 19.3. The summed E-state index contributed by atoms with van der Waals surface area (Å²) in [6.45, 7) is 4.07. The molecule has 4 nitrogen and oxygen atoms in total. The van der Waals surface area contributed by atoms with Gasteiger partial charge in [-0.1, -0.05) is 13.8 Å². The Morgan fingerprint density at radius 2 is 2.13 bits per heavy atom. The fourth-order valence-corrected chi connectivity index (χ4v) is 1.43. The molecule has 15 heavy (non-hydrogen) atoms. The highest BCUT2D eigenvalue weighted by molar-refractivity contribution is 5.44. The Morgan fingerprint density at radius 3 is 2.60 bits per heavy atom. The molecule has 0 aliphatic heterocycles. The van der Waals surface area contributed by atoms with E-state index >= 15 is 0 Å². The molecule has 0 aromatic heterocycles. The Balaban J connectivity index is 3.13. The number of nitrogens with zero attached hydrogens (tertiary/aromatic N) is 2. The largest absolute Gasteiger partial charge is 0.271 e. The van der Waals surface area contributed by atoms with Gasteiger partial charge in [-0.15, -0.1) is 0 Å². The van der Waals surface area contributed by atoms with Crippen molar-refractivity contribution in [1.29, 1.82) is 5.26 Å². The number of nitro benzene ring substituents is 1. The number of non-ortho nitro benzene ring substituents is 1. The van der Waals surface area contributed by atoms with Crippen molar-refractivity contribution >= 4 is 5.69 Å². The van der Waals surface area contributed by atoms with E-state index in [9.17, 15) is 10.1 Å². The Morgan fingerprint density at radius 1 is 1.47 bits per heavy atom. The van der Waals surface area contributed by atoms with Crippen LogP contribution in [0.25, 0.3) is 0 Å². The molecule has 1 aromatic carbocycles. The van der Waals surface area contributed by atoms with Gasteiger partial charge in [-0.25, -0.2) is 0 Å². The predicted molar refractivity (Wildman–Crippen MR) is 56.4 cm³/mol. The van der Waals surface area contributed by atoms with E-state index in [1.807, 2.05) is 19.9 Å². The van der Waals surface area contributed by atoms with Crippen LogP contribution in [0.5, 0.6) is 0 Å². The third kappa shape index (κ3) is 3.06. The fraction of sp³-hybridized carbons (Fsp3) is 0.364. The molecule has 0 aliphatic carbocycles. The molecule has 1 rings (SSSR count). The van der Waals surface area contributed by atoms with Crippen molar-refractivity contribution in [2.75, 3.05) is 0 Å². The molecule has 0 aliphatic rings. The Kier molecular flexibility index (Phi) is 3.40. The van der Waals surface area contributed by atoms with Gasteiger partial charge in [-0.3, -0.25) is 10.1 Å². The van der Waals surface area contributed by atoms with Gasteiger partial charge in [0.25, 0.3) is 5.69 Å². The molecular formula is C11H12N2O2. The zero-order valence-corrected chi connectivity index (χ0v) is 8.73. The first kappa shape index (κ1) is 11.2. The second-order valence-electron chi connectivity index (χ2n) is 3.86. The number of hydrogen-bond acceptors (Lipinski definition) is 3. The maximum absolute atomic E-state index is 10.6. The first-order valence-electron chi connectivity index (χ1n) is 4.71. The first-order chi connectivity index (χ1) is 7.02. The average Bonchev–Trinajstić information content (AvgIpc) is 2.16. The minimum atomic E-state index is -0.468. The smallest absolute Gasteiger partial charge is 0.258 e. The number of hydrogen-bond donors (Lipinski definition) is 0. The molecule has 0 heterocycles. The quantitative estimate of drug-likeness (QED) is 0.561. The van der Waals surface area contributed by atoms with Gasteiger partial charge in [0.15, 0.2) is 0 Å². The van der Waals surface area contributed by atoms with Gasteiger partial charge >= 0.3 is 0 Å². The predicted octanol–water partition coefficient (Wildman–Crippen LogP) is 2.66. The minimum Gasteiger partial charge on any atom is -0.258 e. The van der Waals surface area contributed by atoms with Crippen molar-refractivity contribution in [2.45, 2.75) is 20.3 Å². The maximum Gasteiger partial charge on any atom is 0.271 e. The van der Waals surface area contributed by atoms with E-state index in [1.165, 1.54) is 12.1 Å². The van der Waals surface area contributed by atoms with Gasteiger partial charge in [0.05, 0.1) is 16.6 Å². The molecule has 0 amide bonds. The van der Waals surface area contributed by atoms with Crippen LogP contribution < -0.4 is 0 Å². The molecule has 0 bridgehead atoms. The third-order valence-electron chi connectivity index (χ3n) is 1.96. The van der Waals surface area contributed by atoms with Crippen LogP contribution in [0, 0.1) is 27.4 Å². The highest BCUT2D eigenvalue weighted by atomic mass is 16.6. The SMILES string of the molecule is CC(C)Cc1cc(C#N)cc([N+](=O)[O-])c1. The lowest BCUT2D eigenvalue weighted by atomic mass is 10.0. The molecule has 0 spiro atoms. The topological polar surface area (TPSA) is 66.9 Å². The lowest BCUT2D eigenvalue weighted by Crippen LogP contribution is -1.97. The van der Waals surface area contributed by atoms with Crippen LogP contribution in [0.2, 0.25) is 0 Å². The molecule has 0 atom stereocenters. The van der Waals surface area contributed by atoms with Crippen molar-refractivity contribution < 1.29 is 4.92 Å². The average molecular weight is 204 g/mol. The Labute approximate surface area is 88.3 Å². The van der Waals surface area contributed by atoms with Crippen molar-refractivity contribution in [3.8, 4) is 6.07 Å². The van der Waals surface area contributed by atoms with Crippen molar-refractivity contribution in [3.05, 3.63) is 39.4 Å². The maximum atomic E-state index is 10.6. The molecular weight excluding hydrogens is 192 g/mol. The third-order valence-corrected chi connectivity index (χ3v) is 1.96. The van der Waals surface area contributed by atoms with Crippen molar-refractivity contribution in [1.82, 2.24) is 0 Å². The summed E-state index contributed by atoms with van der Waals surface area (Å²) >= 11 is 0. The lowest BCUT2D eigenvalue weighted by Gasteiger charge is -2.04. The molecule has 1 aromatic rings.